The quantitative estimate of drug-likeness (QED) is 0.186. The largest absolute Gasteiger partial charge is 1.00 e. The van der Waals surface area contributed by atoms with Gasteiger partial charge in [-0.25, -0.2) is 9.13 Å². The van der Waals surface area contributed by atoms with Gasteiger partial charge < -0.3 is 23.0 Å². The van der Waals surface area contributed by atoms with Crippen molar-refractivity contribution < 1.29 is 21.9 Å². The average molecular weight is 416 g/mol. The second-order valence-corrected chi connectivity index (χ2v) is 6.22. The minimum absolute atomic E-state index is 0. The van der Waals surface area contributed by atoms with Crippen LogP contribution in [0.3, 0.4) is 0 Å². The standard InChI is InChI=1S/C19H21N7O2.ClH/c1-24-13-14-25(2)19(24)23-22-17-5-3-15(4-6-17)20-11-12-21-16-7-9-18(10-8-16)26(27)28;/h3-10,13-14,21H,11-12H2,1-2H3;1H. The number of rotatable bonds is 8. The van der Waals surface area contributed by atoms with Crippen LogP contribution < -0.4 is 27.6 Å². The van der Waals surface area contributed by atoms with Crippen LogP contribution in [0.5, 0.6) is 0 Å². The van der Waals surface area contributed by atoms with Gasteiger partial charge in [-0.1, -0.05) is 5.11 Å². The van der Waals surface area contributed by atoms with Crippen LogP contribution in [-0.4, -0.2) is 22.6 Å². The molecule has 0 aliphatic heterocycles. The fourth-order valence-corrected chi connectivity index (χ4v) is 2.59. The minimum Gasteiger partial charge on any atom is -1.00 e. The summed E-state index contributed by atoms with van der Waals surface area (Å²) in [5.41, 5.74) is 2.68. The van der Waals surface area contributed by atoms with Gasteiger partial charge >= 0.3 is 5.95 Å². The molecule has 2 N–H and O–H groups in total. The van der Waals surface area contributed by atoms with Crippen molar-refractivity contribution in [3.05, 3.63) is 71.0 Å². The maximum absolute atomic E-state index is 10.6. The Kier molecular flexibility index (Phi) is 7.67. The predicted molar refractivity (Wildman–Crippen MR) is 107 cm³/mol. The van der Waals surface area contributed by atoms with Crippen molar-refractivity contribution in [3.8, 4) is 0 Å². The number of benzene rings is 2. The number of nitrogens with one attached hydrogen (secondary N) is 2. The number of hydrogen-bond acceptors (Lipinski definition) is 6. The number of halogens is 1. The zero-order valence-electron chi connectivity index (χ0n) is 16.1. The number of azo groups is 1. The van der Waals surface area contributed by atoms with Crippen LogP contribution in [0.1, 0.15) is 0 Å². The Bertz CT molecular complexity index is 950. The number of hydrogen-bond donors (Lipinski definition) is 2. The van der Waals surface area contributed by atoms with Crippen LogP contribution in [0, 0.1) is 10.1 Å². The zero-order chi connectivity index (χ0) is 19.9. The molecule has 29 heavy (non-hydrogen) atoms. The van der Waals surface area contributed by atoms with Crippen molar-refractivity contribution in [2.24, 2.45) is 24.3 Å². The molecule has 1 aromatic heterocycles. The van der Waals surface area contributed by atoms with Gasteiger partial charge in [-0.2, -0.15) is 0 Å². The average Bonchev–Trinajstić information content (AvgIpc) is 3.02. The van der Waals surface area contributed by atoms with E-state index in [9.17, 15) is 10.1 Å². The Morgan fingerprint density at radius 2 is 1.55 bits per heavy atom. The molecule has 152 valence electrons. The molecule has 3 rings (SSSR count). The van der Waals surface area contributed by atoms with Crippen molar-refractivity contribution in [3.63, 3.8) is 0 Å². The Hall–Kier alpha value is -3.46. The lowest BCUT2D eigenvalue weighted by molar-refractivity contribution is -0.657. The highest BCUT2D eigenvalue weighted by molar-refractivity contribution is 5.51. The number of nitro groups is 1. The lowest BCUT2D eigenvalue weighted by atomic mass is 10.3. The number of anilines is 2. The third kappa shape index (κ3) is 6.01. The third-order valence-electron chi connectivity index (χ3n) is 4.13. The molecular weight excluding hydrogens is 394 g/mol. The first-order chi connectivity index (χ1) is 13.5. The van der Waals surface area contributed by atoms with E-state index in [1.807, 2.05) is 59.9 Å². The summed E-state index contributed by atoms with van der Waals surface area (Å²) >= 11 is 0. The van der Waals surface area contributed by atoms with Gasteiger partial charge in [-0.15, -0.1) is 0 Å². The van der Waals surface area contributed by atoms with Crippen LogP contribution in [0.15, 0.2) is 71.2 Å². The number of aryl methyl sites for hydroxylation is 2. The van der Waals surface area contributed by atoms with Crippen molar-refractivity contribution >= 4 is 28.7 Å². The summed E-state index contributed by atoms with van der Waals surface area (Å²) in [4.78, 5) is 10.2. The number of non-ortho nitro benzene ring substituents is 1. The highest BCUT2D eigenvalue weighted by atomic mass is 35.5. The van der Waals surface area contributed by atoms with Crippen molar-refractivity contribution in [1.82, 2.24) is 4.57 Å². The first-order valence-corrected chi connectivity index (χ1v) is 8.78. The SMILES string of the molecule is Cn1cc[n+](C)c1N=Nc1ccc(NCCNc2ccc([N+](=O)[O-])cc2)cc1.[Cl-]. The van der Waals surface area contributed by atoms with E-state index in [1.165, 1.54) is 12.1 Å². The fraction of sp³-hybridized carbons (Fsp3) is 0.211. The Morgan fingerprint density at radius 1 is 1.00 bits per heavy atom. The molecule has 0 radical (unpaired) electrons. The molecule has 0 amide bonds. The summed E-state index contributed by atoms with van der Waals surface area (Å²) in [6.07, 6.45) is 3.85. The van der Waals surface area contributed by atoms with Gasteiger partial charge in [0, 0.05) is 41.7 Å². The van der Waals surface area contributed by atoms with E-state index in [1.54, 1.807) is 12.1 Å². The zero-order valence-corrected chi connectivity index (χ0v) is 16.9. The van der Waals surface area contributed by atoms with Crippen molar-refractivity contribution in [2.75, 3.05) is 23.7 Å². The summed E-state index contributed by atoms with van der Waals surface area (Å²) in [6.45, 7) is 1.39. The minimum atomic E-state index is -0.408. The Labute approximate surface area is 174 Å². The Morgan fingerprint density at radius 3 is 2.03 bits per heavy atom. The molecule has 1 heterocycles. The number of imidazole rings is 1. The molecule has 0 bridgehead atoms. The smallest absolute Gasteiger partial charge is 0.421 e. The maximum atomic E-state index is 10.6. The van der Waals surface area contributed by atoms with Crippen LogP contribution in [0.4, 0.5) is 28.7 Å². The Balaban J connectivity index is 0.00000300. The first kappa shape index (κ1) is 21.8. The van der Waals surface area contributed by atoms with E-state index in [-0.39, 0.29) is 18.1 Å². The fourth-order valence-electron chi connectivity index (χ4n) is 2.59. The molecule has 2 aromatic carbocycles. The summed E-state index contributed by atoms with van der Waals surface area (Å²) in [5, 5.41) is 25.7. The van der Waals surface area contributed by atoms with E-state index in [0.29, 0.717) is 13.1 Å². The van der Waals surface area contributed by atoms with E-state index in [4.69, 9.17) is 0 Å². The highest BCUT2D eigenvalue weighted by Gasteiger charge is 2.10. The molecule has 3 aromatic rings. The molecule has 0 unspecified atom stereocenters. The predicted octanol–water partition coefficient (Wildman–Crippen LogP) is 0.701. The summed E-state index contributed by atoms with van der Waals surface area (Å²) in [5.74, 6) is 0.763. The van der Waals surface area contributed by atoms with Crippen LogP contribution in [0.2, 0.25) is 0 Å². The van der Waals surface area contributed by atoms with Crippen molar-refractivity contribution in [1.29, 1.82) is 0 Å². The monoisotopic (exact) mass is 415 g/mol. The van der Waals surface area contributed by atoms with E-state index in [2.05, 4.69) is 20.9 Å². The van der Waals surface area contributed by atoms with Crippen molar-refractivity contribution in [2.45, 2.75) is 0 Å². The molecule has 0 aliphatic carbocycles. The van der Waals surface area contributed by atoms with E-state index < -0.39 is 4.92 Å². The summed E-state index contributed by atoms with van der Waals surface area (Å²) in [7, 11) is 3.85. The number of aromatic nitrogens is 2. The lowest BCUT2D eigenvalue weighted by Gasteiger charge is -2.08. The lowest BCUT2D eigenvalue weighted by Crippen LogP contribution is -3.00. The third-order valence-corrected chi connectivity index (χ3v) is 4.13. The molecule has 0 fully saturated rings. The molecule has 0 saturated carbocycles. The summed E-state index contributed by atoms with van der Waals surface area (Å²) < 4.78 is 3.80. The van der Waals surface area contributed by atoms with Gasteiger partial charge in [0.25, 0.3) is 5.69 Å². The van der Waals surface area contributed by atoms with Crippen LogP contribution in [0.25, 0.3) is 0 Å². The van der Waals surface area contributed by atoms with Gasteiger partial charge in [0.05, 0.1) is 31.4 Å². The van der Waals surface area contributed by atoms with Gasteiger partial charge in [0.2, 0.25) is 0 Å². The van der Waals surface area contributed by atoms with E-state index >= 15 is 0 Å². The molecule has 0 aliphatic rings. The second-order valence-electron chi connectivity index (χ2n) is 6.22. The topological polar surface area (TPSA) is 101 Å². The molecule has 9 nitrogen and oxygen atoms in total. The van der Waals surface area contributed by atoms with Gasteiger partial charge in [-0.05, 0) is 36.4 Å². The van der Waals surface area contributed by atoms with Crippen LogP contribution in [-0.2, 0) is 14.1 Å². The molecule has 0 spiro atoms. The van der Waals surface area contributed by atoms with E-state index in [0.717, 1.165) is 23.0 Å². The van der Waals surface area contributed by atoms with Gasteiger partial charge in [0.15, 0.2) is 0 Å². The second kappa shape index (κ2) is 10.2. The molecule has 0 saturated heterocycles. The first-order valence-electron chi connectivity index (χ1n) is 8.78. The molecule has 0 atom stereocenters. The number of nitrogens with zero attached hydrogens (tertiary/aromatic N) is 5. The number of nitro benzene ring substituents is 1. The van der Waals surface area contributed by atoms with Gasteiger partial charge in [-0.3, -0.25) is 10.1 Å². The van der Waals surface area contributed by atoms with Crippen LogP contribution >= 0.6 is 0 Å². The maximum Gasteiger partial charge on any atom is 0.421 e. The molecule has 10 heteroatoms. The molecular formula is C19H22ClN7O2. The summed E-state index contributed by atoms with van der Waals surface area (Å²) in [6, 6.07) is 14.1. The normalized spacial score (nSPS) is 10.6. The highest BCUT2D eigenvalue weighted by Crippen LogP contribution is 2.19. The van der Waals surface area contributed by atoms with Gasteiger partial charge in [0.1, 0.15) is 5.69 Å².